The molecular formula is C40H48F3N3O2. The summed E-state index contributed by atoms with van der Waals surface area (Å²) in [6.07, 6.45) is 5.59. The maximum absolute atomic E-state index is 14.8. The van der Waals surface area contributed by atoms with E-state index in [4.69, 9.17) is 0 Å². The Labute approximate surface area is 281 Å². The van der Waals surface area contributed by atoms with Crippen molar-refractivity contribution in [3.63, 3.8) is 0 Å². The summed E-state index contributed by atoms with van der Waals surface area (Å²) in [6, 6.07) is 13.4. The zero-order valence-corrected chi connectivity index (χ0v) is 28.4. The molecule has 6 aliphatic carbocycles. The van der Waals surface area contributed by atoms with E-state index in [1.54, 1.807) is 4.90 Å². The third-order valence-corrected chi connectivity index (χ3v) is 13.4. The molecule has 6 aliphatic rings. The Morgan fingerprint density at radius 2 is 1.52 bits per heavy atom. The standard InChI is InChI=1S/C40H48F3N3O2/c1-24-34(30-8-4-5-9-32(30)44-24)35-31(37(35,2)3)19-33(47)46(23-25-10-12-29(13-11-25)40(41,42)43)39(14-6-7-15-39)36(48)45-38-20-26-16-27(21-38)18-28(17-26)22-38/h4-5,8-13,26-28,31,35,44H,6-7,14-23H2,1-3H3,(H,45,48)/t26?,27?,28?,31-,35+,38?/m0/s1. The molecule has 2 amide bonds. The van der Waals surface area contributed by atoms with Gasteiger partial charge >= 0.3 is 6.18 Å². The number of carbonyl (C=O) groups excluding carboxylic acids is 2. The highest BCUT2D eigenvalue weighted by Gasteiger charge is 2.61. The number of aryl methyl sites for hydroxylation is 1. The fourth-order valence-corrected chi connectivity index (χ4v) is 11.4. The number of H-pyrrole nitrogens is 1. The zero-order chi connectivity index (χ0) is 33.6. The van der Waals surface area contributed by atoms with Crippen LogP contribution < -0.4 is 5.32 Å². The van der Waals surface area contributed by atoms with E-state index in [0.29, 0.717) is 42.6 Å². The van der Waals surface area contributed by atoms with E-state index >= 15 is 0 Å². The summed E-state index contributed by atoms with van der Waals surface area (Å²) in [6.45, 7) is 6.67. The van der Waals surface area contributed by atoms with Crippen LogP contribution in [0.5, 0.6) is 0 Å². The molecule has 4 bridgehead atoms. The van der Waals surface area contributed by atoms with Gasteiger partial charge in [-0.25, -0.2) is 0 Å². The molecule has 2 N–H and O–H groups in total. The second kappa shape index (κ2) is 11.1. The number of amides is 2. The number of carbonyl (C=O) groups is 2. The first-order valence-corrected chi connectivity index (χ1v) is 18.1. The zero-order valence-electron chi connectivity index (χ0n) is 28.4. The van der Waals surface area contributed by atoms with Gasteiger partial charge in [-0.2, -0.15) is 13.2 Å². The molecule has 0 radical (unpaired) electrons. The Morgan fingerprint density at radius 3 is 2.12 bits per heavy atom. The Balaban J connectivity index is 1.11. The van der Waals surface area contributed by atoms with Crippen LogP contribution in [0.15, 0.2) is 48.5 Å². The summed E-state index contributed by atoms with van der Waals surface area (Å²) in [5.74, 6) is 2.17. The number of alkyl halides is 3. The van der Waals surface area contributed by atoms with Gasteiger partial charge in [0.25, 0.3) is 0 Å². The smallest absolute Gasteiger partial charge is 0.358 e. The quantitative estimate of drug-likeness (QED) is 0.254. The summed E-state index contributed by atoms with van der Waals surface area (Å²) >= 11 is 0. The van der Waals surface area contributed by atoms with Crippen molar-refractivity contribution in [2.75, 3.05) is 0 Å². The fourth-order valence-electron chi connectivity index (χ4n) is 11.4. The van der Waals surface area contributed by atoms with Gasteiger partial charge in [0.15, 0.2) is 0 Å². The minimum Gasteiger partial charge on any atom is -0.358 e. The number of halogens is 3. The summed E-state index contributed by atoms with van der Waals surface area (Å²) in [4.78, 5) is 34.9. The normalized spacial score (nSPS) is 31.2. The Bertz CT molecular complexity index is 1700. The molecular weight excluding hydrogens is 611 g/mol. The first-order valence-electron chi connectivity index (χ1n) is 18.1. The van der Waals surface area contributed by atoms with Gasteiger partial charge in [0.2, 0.25) is 11.8 Å². The van der Waals surface area contributed by atoms with Crippen LogP contribution in [0.1, 0.15) is 113 Å². The van der Waals surface area contributed by atoms with Gasteiger partial charge < -0.3 is 15.2 Å². The maximum Gasteiger partial charge on any atom is 0.416 e. The SMILES string of the molecule is Cc1[nH]c2ccccc2c1[C@H]1[C@H](CC(=O)N(Cc2ccc(C(F)(F)F)cc2)C2(C(=O)NC34CC5CC(CC(C5)C3)C4)CCCC2)C1(C)C. The topological polar surface area (TPSA) is 65.2 Å². The van der Waals surface area contributed by atoms with Gasteiger partial charge in [-0.3, -0.25) is 9.59 Å². The molecule has 8 heteroatoms. The lowest BCUT2D eigenvalue weighted by Gasteiger charge is -2.57. The van der Waals surface area contributed by atoms with E-state index in [1.165, 1.54) is 42.3 Å². The predicted molar refractivity (Wildman–Crippen MR) is 180 cm³/mol. The lowest BCUT2D eigenvalue weighted by Crippen LogP contribution is -2.66. The molecule has 2 atom stereocenters. The van der Waals surface area contributed by atoms with Crippen molar-refractivity contribution in [2.24, 2.45) is 29.1 Å². The van der Waals surface area contributed by atoms with E-state index in [-0.39, 0.29) is 41.1 Å². The molecule has 6 saturated carbocycles. The van der Waals surface area contributed by atoms with Crippen LogP contribution in [0.25, 0.3) is 10.9 Å². The van der Waals surface area contributed by atoms with Crippen LogP contribution in [0.4, 0.5) is 13.2 Å². The minimum atomic E-state index is -4.44. The summed E-state index contributed by atoms with van der Waals surface area (Å²) in [5, 5.41) is 4.80. The van der Waals surface area contributed by atoms with Crippen LogP contribution in [0.3, 0.4) is 0 Å². The largest absolute Gasteiger partial charge is 0.416 e. The van der Waals surface area contributed by atoms with Crippen LogP contribution in [0, 0.1) is 36.0 Å². The number of nitrogens with zero attached hydrogens (tertiary/aromatic N) is 1. The molecule has 3 aromatic rings. The second-order valence-electron chi connectivity index (χ2n) is 16.9. The fraction of sp³-hybridized carbons (Fsp3) is 0.600. The number of rotatable bonds is 8. The average Bonchev–Trinajstić information content (AvgIpc) is 3.37. The molecule has 0 unspecified atom stereocenters. The van der Waals surface area contributed by atoms with Crippen LogP contribution in [-0.2, 0) is 22.3 Å². The number of aromatic amines is 1. The van der Waals surface area contributed by atoms with Gasteiger partial charge in [0.1, 0.15) is 5.54 Å². The van der Waals surface area contributed by atoms with E-state index in [0.717, 1.165) is 55.4 Å². The van der Waals surface area contributed by atoms with Crippen molar-refractivity contribution in [1.29, 1.82) is 0 Å². The van der Waals surface area contributed by atoms with Crippen molar-refractivity contribution in [1.82, 2.24) is 15.2 Å². The van der Waals surface area contributed by atoms with E-state index in [1.807, 2.05) is 12.1 Å². The highest BCUT2D eigenvalue weighted by molar-refractivity contribution is 5.93. The van der Waals surface area contributed by atoms with Crippen LogP contribution in [0.2, 0.25) is 0 Å². The van der Waals surface area contributed by atoms with Gasteiger partial charge in [-0.05, 0) is 123 Å². The predicted octanol–water partition coefficient (Wildman–Crippen LogP) is 9.05. The molecule has 5 nitrogen and oxygen atoms in total. The van der Waals surface area contributed by atoms with Gasteiger partial charge in [-0.1, -0.05) is 57.0 Å². The lowest BCUT2D eigenvalue weighted by atomic mass is 9.53. The third-order valence-electron chi connectivity index (χ3n) is 13.4. The minimum absolute atomic E-state index is 0.0405. The van der Waals surface area contributed by atoms with Crippen LogP contribution >= 0.6 is 0 Å². The van der Waals surface area contributed by atoms with Crippen molar-refractivity contribution >= 4 is 22.7 Å². The van der Waals surface area contributed by atoms with Crippen molar-refractivity contribution < 1.29 is 22.8 Å². The number of benzene rings is 2. The molecule has 6 fully saturated rings. The molecule has 256 valence electrons. The van der Waals surface area contributed by atoms with Crippen molar-refractivity contribution in [2.45, 2.75) is 121 Å². The third kappa shape index (κ3) is 5.27. The van der Waals surface area contributed by atoms with Gasteiger partial charge in [0.05, 0.1) is 5.56 Å². The Kier molecular flexibility index (Phi) is 7.40. The highest BCUT2D eigenvalue weighted by Crippen LogP contribution is 2.67. The Morgan fingerprint density at radius 1 is 0.917 bits per heavy atom. The number of para-hydroxylation sites is 1. The lowest BCUT2D eigenvalue weighted by molar-refractivity contribution is -0.152. The van der Waals surface area contributed by atoms with Gasteiger partial charge in [0, 0.05) is 35.1 Å². The number of fused-ring (bicyclic) bond motifs is 1. The van der Waals surface area contributed by atoms with Crippen molar-refractivity contribution in [3.8, 4) is 0 Å². The molecule has 9 rings (SSSR count). The van der Waals surface area contributed by atoms with Crippen LogP contribution in [-0.4, -0.2) is 32.8 Å². The van der Waals surface area contributed by atoms with E-state index < -0.39 is 17.3 Å². The monoisotopic (exact) mass is 659 g/mol. The van der Waals surface area contributed by atoms with E-state index in [9.17, 15) is 22.8 Å². The molecule has 0 saturated heterocycles. The summed E-state index contributed by atoms with van der Waals surface area (Å²) < 4.78 is 40.4. The molecule has 0 spiro atoms. The molecule has 0 aliphatic heterocycles. The van der Waals surface area contributed by atoms with E-state index in [2.05, 4.69) is 43.2 Å². The molecule has 1 aromatic heterocycles. The summed E-state index contributed by atoms with van der Waals surface area (Å²) in [7, 11) is 0. The second-order valence-corrected chi connectivity index (χ2v) is 16.9. The summed E-state index contributed by atoms with van der Waals surface area (Å²) in [5.41, 5.74) is 2.06. The maximum atomic E-state index is 14.8. The van der Waals surface area contributed by atoms with Crippen molar-refractivity contribution in [3.05, 3.63) is 70.9 Å². The number of nitrogens with one attached hydrogen (secondary N) is 2. The highest BCUT2D eigenvalue weighted by atomic mass is 19.4. The number of hydrogen-bond donors (Lipinski definition) is 2. The first kappa shape index (κ1) is 31.9. The molecule has 48 heavy (non-hydrogen) atoms. The number of hydrogen-bond acceptors (Lipinski definition) is 2. The molecule has 1 heterocycles. The van der Waals surface area contributed by atoms with Gasteiger partial charge in [-0.15, -0.1) is 0 Å². The first-order chi connectivity index (χ1) is 22.8. The Hall–Kier alpha value is -3.29. The average molecular weight is 660 g/mol. The number of aromatic nitrogens is 1. The molecule has 2 aromatic carbocycles.